The van der Waals surface area contributed by atoms with Crippen molar-refractivity contribution < 1.29 is 9.47 Å². The minimum atomic E-state index is 0.551. The van der Waals surface area contributed by atoms with Crippen molar-refractivity contribution in [1.29, 1.82) is 0 Å². The van der Waals surface area contributed by atoms with Gasteiger partial charge in [0.05, 0.1) is 0 Å². The summed E-state index contributed by atoms with van der Waals surface area (Å²) in [5, 5.41) is 0.653. The summed E-state index contributed by atoms with van der Waals surface area (Å²) in [7, 11) is 0. The van der Waals surface area contributed by atoms with Gasteiger partial charge in [-0.05, 0) is 48.0 Å². The highest BCUT2D eigenvalue weighted by atomic mass is 35.5. The lowest BCUT2D eigenvalue weighted by molar-refractivity contribution is 0.306. The van der Waals surface area contributed by atoms with E-state index in [1.165, 1.54) is 0 Å². The molecule has 0 aromatic heterocycles. The molecule has 0 radical (unpaired) electrons. The van der Waals surface area contributed by atoms with E-state index in [9.17, 15) is 0 Å². The number of ether oxygens (including phenoxy) is 2. The molecule has 0 heterocycles. The Balaban J connectivity index is 1.60. The Morgan fingerprint density at radius 1 is 0.682 bits per heavy atom. The van der Waals surface area contributed by atoms with Crippen LogP contribution in [0.3, 0.4) is 0 Å². The highest BCUT2D eigenvalue weighted by Crippen LogP contribution is 2.26. The van der Waals surface area contributed by atoms with Gasteiger partial charge in [-0.2, -0.15) is 0 Å². The van der Waals surface area contributed by atoms with Gasteiger partial charge in [0.2, 0.25) is 0 Å². The molecule has 0 spiro atoms. The first-order valence-corrected chi connectivity index (χ1v) is 7.37. The third-order valence-electron chi connectivity index (χ3n) is 3.10. The Morgan fingerprint density at radius 3 is 2.14 bits per heavy atom. The second-order valence-corrected chi connectivity index (χ2v) is 5.24. The zero-order valence-corrected chi connectivity index (χ0v) is 12.7. The molecule has 3 rings (SSSR count). The highest BCUT2D eigenvalue weighted by molar-refractivity contribution is 6.30. The molecule has 0 fully saturated rings. The number of halogens is 1. The molecule has 0 amide bonds. The Kier molecular flexibility index (Phi) is 4.62. The van der Waals surface area contributed by atoms with Gasteiger partial charge in [0, 0.05) is 5.02 Å². The molecule has 0 unspecified atom stereocenters. The van der Waals surface area contributed by atoms with Crippen LogP contribution in [0.4, 0.5) is 0 Å². The van der Waals surface area contributed by atoms with E-state index >= 15 is 0 Å². The second kappa shape index (κ2) is 7.01. The van der Waals surface area contributed by atoms with Crippen LogP contribution in [0.15, 0.2) is 78.9 Å². The molecule has 0 bridgehead atoms. The average Bonchev–Trinajstić information content (AvgIpc) is 2.55. The van der Waals surface area contributed by atoms with Crippen molar-refractivity contribution in [3.63, 3.8) is 0 Å². The fourth-order valence-electron chi connectivity index (χ4n) is 2.01. The van der Waals surface area contributed by atoms with Gasteiger partial charge in [-0.15, -0.1) is 0 Å². The topological polar surface area (TPSA) is 18.5 Å². The van der Waals surface area contributed by atoms with Crippen LogP contribution in [0, 0.1) is 0 Å². The molecule has 0 N–H and O–H groups in total. The third kappa shape index (κ3) is 4.03. The molecule has 0 saturated heterocycles. The third-order valence-corrected chi connectivity index (χ3v) is 3.34. The van der Waals surface area contributed by atoms with Crippen LogP contribution in [0.5, 0.6) is 17.2 Å². The van der Waals surface area contributed by atoms with Crippen LogP contribution in [-0.2, 0) is 6.61 Å². The van der Waals surface area contributed by atoms with E-state index in [1.54, 1.807) is 6.07 Å². The van der Waals surface area contributed by atoms with Crippen molar-refractivity contribution in [1.82, 2.24) is 0 Å². The van der Waals surface area contributed by atoms with Crippen LogP contribution in [0.2, 0.25) is 5.02 Å². The number of hydrogen-bond donors (Lipinski definition) is 0. The van der Waals surface area contributed by atoms with Crippen molar-refractivity contribution in [2.24, 2.45) is 0 Å². The van der Waals surface area contributed by atoms with Crippen molar-refractivity contribution in [3.05, 3.63) is 89.4 Å². The molecule has 110 valence electrons. The van der Waals surface area contributed by atoms with Crippen molar-refractivity contribution in [2.45, 2.75) is 6.61 Å². The molecule has 0 aliphatic heterocycles. The predicted molar refractivity (Wildman–Crippen MR) is 88.7 cm³/mol. The molecule has 0 aliphatic rings. The summed E-state index contributed by atoms with van der Waals surface area (Å²) >= 11 is 5.94. The molecule has 0 aliphatic carbocycles. The van der Waals surface area contributed by atoms with Crippen molar-refractivity contribution >= 4 is 11.6 Å². The fraction of sp³-hybridized carbons (Fsp3) is 0.0526. The van der Waals surface area contributed by atoms with E-state index in [4.69, 9.17) is 21.1 Å². The first-order valence-electron chi connectivity index (χ1n) is 7.00. The summed E-state index contributed by atoms with van der Waals surface area (Å²) < 4.78 is 11.5. The molecule has 3 heteroatoms. The summed E-state index contributed by atoms with van der Waals surface area (Å²) in [6.45, 7) is 0.551. The maximum absolute atomic E-state index is 5.94. The van der Waals surface area contributed by atoms with Gasteiger partial charge < -0.3 is 9.47 Å². The SMILES string of the molecule is Clc1cccc(Oc2ccc(OCc3ccccc3)cc2)c1. The van der Waals surface area contributed by atoms with E-state index < -0.39 is 0 Å². The summed E-state index contributed by atoms with van der Waals surface area (Å²) in [4.78, 5) is 0. The summed E-state index contributed by atoms with van der Waals surface area (Å²) in [6, 6.07) is 24.9. The summed E-state index contributed by atoms with van der Waals surface area (Å²) in [5.41, 5.74) is 1.14. The van der Waals surface area contributed by atoms with Crippen LogP contribution < -0.4 is 9.47 Å². The smallest absolute Gasteiger partial charge is 0.128 e. The minimum absolute atomic E-state index is 0.551. The maximum Gasteiger partial charge on any atom is 0.128 e. The normalized spacial score (nSPS) is 10.2. The minimum Gasteiger partial charge on any atom is -0.489 e. The van der Waals surface area contributed by atoms with Gasteiger partial charge in [-0.1, -0.05) is 48.0 Å². The van der Waals surface area contributed by atoms with Crippen molar-refractivity contribution in [2.75, 3.05) is 0 Å². The van der Waals surface area contributed by atoms with Crippen LogP contribution >= 0.6 is 11.6 Å². The molecular weight excluding hydrogens is 296 g/mol. The Labute approximate surface area is 134 Å². The number of benzene rings is 3. The van der Waals surface area contributed by atoms with E-state index in [1.807, 2.05) is 72.8 Å². The second-order valence-electron chi connectivity index (χ2n) is 4.81. The molecule has 2 nitrogen and oxygen atoms in total. The van der Waals surface area contributed by atoms with E-state index in [-0.39, 0.29) is 0 Å². The molecule has 0 saturated carbocycles. The van der Waals surface area contributed by atoms with Crippen molar-refractivity contribution in [3.8, 4) is 17.2 Å². The van der Waals surface area contributed by atoms with Crippen LogP contribution in [0.1, 0.15) is 5.56 Å². The van der Waals surface area contributed by atoms with Gasteiger partial charge in [-0.25, -0.2) is 0 Å². The summed E-state index contributed by atoms with van der Waals surface area (Å²) in [6.07, 6.45) is 0. The first kappa shape index (κ1) is 14.5. The lowest BCUT2D eigenvalue weighted by Crippen LogP contribution is -1.94. The zero-order chi connectivity index (χ0) is 15.2. The molecule has 3 aromatic rings. The molecule has 3 aromatic carbocycles. The van der Waals surface area contributed by atoms with Crippen LogP contribution in [-0.4, -0.2) is 0 Å². The van der Waals surface area contributed by atoms with Crippen LogP contribution in [0.25, 0.3) is 0 Å². The fourth-order valence-corrected chi connectivity index (χ4v) is 2.19. The van der Waals surface area contributed by atoms with Gasteiger partial charge in [0.1, 0.15) is 23.9 Å². The molecular formula is C19H15ClO2. The quantitative estimate of drug-likeness (QED) is 0.601. The largest absolute Gasteiger partial charge is 0.489 e. The van der Waals surface area contributed by atoms with Gasteiger partial charge in [0.15, 0.2) is 0 Å². The van der Waals surface area contributed by atoms with Gasteiger partial charge in [0.25, 0.3) is 0 Å². The molecule has 22 heavy (non-hydrogen) atoms. The predicted octanol–water partition coefficient (Wildman–Crippen LogP) is 5.71. The van der Waals surface area contributed by atoms with Gasteiger partial charge >= 0.3 is 0 Å². The van der Waals surface area contributed by atoms with Gasteiger partial charge in [-0.3, -0.25) is 0 Å². The standard InChI is InChI=1S/C19H15ClO2/c20-16-7-4-8-19(13-16)22-18-11-9-17(10-12-18)21-14-15-5-2-1-3-6-15/h1-13H,14H2. The van der Waals surface area contributed by atoms with E-state index in [0.29, 0.717) is 17.4 Å². The highest BCUT2D eigenvalue weighted by Gasteiger charge is 2.00. The Bertz CT molecular complexity index is 724. The lowest BCUT2D eigenvalue weighted by atomic mass is 10.2. The first-order chi connectivity index (χ1) is 10.8. The monoisotopic (exact) mass is 310 g/mol. The molecule has 0 atom stereocenters. The zero-order valence-electron chi connectivity index (χ0n) is 11.9. The summed E-state index contributed by atoms with van der Waals surface area (Å²) in [5.74, 6) is 2.27. The lowest BCUT2D eigenvalue weighted by Gasteiger charge is -2.09. The average molecular weight is 311 g/mol. The maximum atomic E-state index is 5.94. The number of hydrogen-bond acceptors (Lipinski definition) is 2. The number of rotatable bonds is 5. The Hall–Kier alpha value is -2.45. The van der Waals surface area contributed by atoms with E-state index in [2.05, 4.69) is 0 Å². The Morgan fingerprint density at radius 2 is 1.41 bits per heavy atom. The van der Waals surface area contributed by atoms with E-state index in [0.717, 1.165) is 17.1 Å².